The zero-order valence-electron chi connectivity index (χ0n) is 14.7. The van der Waals surface area contributed by atoms with Gasteiger partial charge in [-0.25, -0.2) is 0 Å². The number of halogens is 1. The van der Waals surface area contributed by atoms with Crippen molar-refractivity contribution in [2.45, 2.75) is 19.9 Å². The first-order valence-corrected chi connectivity index (χ1v) is 7.92. The van der Waals surface area contributed by atoms with Gasteiger partial charge in [0.2, 0.25) is 5.91 Å². The second kappa shape index (κ2) is 10.7. The maximum absolute atomic E-state index is 12.0. The molecule has 0 saturated carbocycles. The van der Waals surface area contributed by atoms with Crippen LogP contribution in [0.15, 0.2) is 41.5 Å². The summed E-state index contributed by atoms with van der Waals surface area (Å²) < 4.78 is 1.79. The van der Waals surface area contributed by atoms with Crippen molar-refractivity contribution in [2.75, 3.05) is 18.9 Å². The molecule has 2 aromatic rings. The number of carbonyl (C=O) groups is 1. The molecule has 25 heavy (non-hydrogen) atoms. The summed E-state index contributed by atoms with van der Waals surface area (Å²) in [6.07, 6.45) is 2.68. The van der Waals surface area contributed by atoms with E-state index in [0.29, 0.717) is 12.5 Å². The monoisotopic (exact) mass is 456 g/mol. The fourth-order valence-electron chi connectivity index (χ4n) is 2.21. The van der Waals surface area contributed by atoms with Crippen molar-refractivity contribution in [3.63, 3.8) is 0 Å². The topological polar surface area (TPSA) is 83.3 Å². The Labute approximate surface area is 165 Å². The van der Waals surface area contributed by atoms with Gasteiger partial charge in [0.1, 0.15) is 0 Å². The summed E-state index contributed by atoms with van der Waals surface area (Å²) in [5.41, 5.74) is 3.02. The smallest absolute Gasteiger partial charge is 0.243 e. The first kappa shape index (κ1) is 20.9. The van der Waals surface area contributed by atoms with Gasteiger partial charge in [-0.2, -0.15) is 5.10 Å². The third kappa shape index (κ3) is 6.73. The molecular formula is C17H25IN6O. The molecule has 8 heteroatoms. The number of amides is 1. The molecule has 3 N–H and O–H groups in total. The van der Waals surface area contributed by atoms with Crippen molar-refractivity contribution in [1.82, 2.24) is 20.4 Å². The number of nitrogens with zero attached hydrogens (tertiary/aromatic N) is 3. The van der Waals surface area contributed by atoms with Crippen LogP contribution in [-0.2, 0) is 24.8 Å². The van der Waals surface area contributed by atoms with E-state index in [1.54, 1.807) is 17.9 Å². The van der Waals surface area contributed by atoms with Gasteiger partial charge in [0.05, 0.1) is 18.8 Å². The Bertz CT molecular complexity index is 713. The molecule has 7 nitrogen and oxygen atoms in total. The van der Waals surface area contributed by atoms with Crippen LogP contribution in [0.4, 0.5) is 5.69 Å². The van der Waals surface area contributed by atoms with Gasteiger partial charge in [-0.3, -0.25) is 14.5 Å². The van der Waals surface area contributed by atoms with Crippen molar-refractivity contribution >= 4 is 41.5 Å². The summed E-state index contributed by atoms with van der Waals surface area (Å²) in [5.74, 6) is 0.445. The molecule has 0 aliphatic heterocycles. The second-order valence-corrected chi connectivity index (χ2v) is 5.33. The second-order valence-electron chi connectivity index (χ2n) is 5.33. The summed E-state index contributed by atoms with van der Waals surface area (Å²) in [7, 11) is 3.55. The summed E-state index contributed by atoms with van der Waals surface area (Å²) in [6, 6.07) is 9.77. The van der Waals surface area contributed by atoms with Crippen LogP contribution in [-0.4, -0.2) is 35.2 Å². The minimum Gasteiger partial charge on any atom is -0.351 e. The molecule has 1 heterocycles. The van der Waals surface area contributed by atoms with E-state index < -0.39 is 0 Å². The van der Waals surface area contributed by atoms with E-state index in [4.69, 9.17) is 0 Å². The van der Waals surface area contributed by atoms with E-state index in [1.807, 2.05) is 37.4 Å². The molecule has 2 rings (SSSR count). The Morgan fingerprint density at radius 3 is 2.72 bits per heavy atom. The van der Waals surface area contributed by atoms with Crippen LogP contribution >= 0.6 is 24.0 Å². The summed E-state index contributed by atoms with van der Waals surface area (Å²) >= 11 is 0. The molecule has 0 unspecified atom stereocenters. The molecule has 0 aliphatic carbocycles. The number of aryl methyl sites for hydroxylation is 2. The largest absolute Gasteiger partial charge is 0.351 e. The van der Waals surface area contributed by atoms with Gasteiger partial charge in [-0.15, -0.1) is 24.0 Å². The van der Waals surface area contributed by atoms with Crippen LogP contribution in [0.3, 0.4) is 0 Å². The standard InChI is InChI=1S/C17H24N6O.HI/c1-4-13-6-5-7-14(10-13)22-16(24)12-20-17(18-2)19-11-15-8-9-21-23(15)3;/h5-10H,4,11-12H2,1-3H3,(H,22,24)(H2,18,19,20);1H. The molecule has 0 radical (unpaired) electrons. The molecule has 0 bridgehead atoms. The predicted octanol–water partition coefficient (Wildman–Crippen LogP) is 1.90. The SMILES string of the molecule is CCc1cccc(NC(=O)CNC(=NC)NCc2ccnn2C)c1.I. The number of aromatic nitrogens is 2. The lowest BCUT2D eigenvalue weighted by molar-refractivity contribution is -0.115. The van der Waals surface area contributed by atoms with Gasteiger partial charge in [-0.05, 0) is 30.2 Å². The number of benzene rings is 1. The summed E-state index contributed by atoms with van der Waals surface area (Å²) in [5, 5.41) is 13.1. The minimum atomic E-state index is -0.119. The summed E-state index contributed by atoms with van der Waals surface area (Å²) in [6.45, 7) is 2.80. The number of hydrogen-bond donors (Lipinski definition) is 3. The van der Waals surface area contributed by atoms with Crippen LogP contribution in [0, 0.1) is 0 Å². The molecule has 0 spiro atoms. The number of hydrogen-bond acceptors (Lipinski definition) is 3. The summed E-state index contributed by atoms with van der Waals surface area (Å²) in [4.78, 5) is 16.2. The molecular weight excluding hydrogens is 431 g/mol. The van der Waals surface area contributed by atoms with Gasteiger partial charge in [0.15, 0.2) is 5.96 Å². The highest BCUT2D eigenvalue weighted by Gasteiger charge is 2.06. The van der Waals surface area contributed by atoms with E-state index in [1.165, 1.54) is 5.56 Å². The molecule has 1 amide bonds. The third-order valence-corrected chi connectivity index (χ3v) is 3.62. The zero-order chi connectivity index (χ0) is 17.4. The minimum absolute atomic E-state index is 0. The average Bonchev–Trinajstić information content (AvgIpc) is 3.00. The van der Waals surface area contributed by atoms with E-state index in [9.17, 15) is 4.79 Å². The first-order valence-electron chi connectivity index (χ1n) is 7.92. The van der Waals surface area contributed by atoms with E-state index >= 15 is 0 Å². The lowest BCUT2D eigenvalue weighted by Crippen LogP contribution is -2.41. The Kier molecular flexibility index (Phi) is 8.96. The average molecular weight is 456 g/mol. The number of anilines is 1. The van der Waals surface area contributed by atoms with Gasteiger partial charge in [-0.1, -0.05) is 19.1 Å². The van der Waals surface area contributed by atoms with E-state index in [0.717, 1.165) is 17.8 Å². The maximum atomic E-state index is 12.0. The molecule has 0 fully saturated rings. The number of aliphatic imine (C=N–C) groups is 1. The zero-order valence-corrected chi connectivity index (χ0v) is 17.1. The van der Waals surface area contributed by atoms with E-state index in [-0.39, 0.29) is 36.4 Å². The van der Waals surface area contributed by atoms with E-state index in [2.05, 4.69) is 33.0 Å². The fourth-order valence-corrected chi connectivity index (χ4v) is 2.21. The number of carbonyl (C=O) groups excluding carboxylic acids is 1. The number of rotatable bonds is 6. The van der Waals surface area contributed by atoms with Crippen LogP contribution in [0.2, 0.25) is 0 Å². The van der Waals surface area contributed by atoms with Crippen molar-refractivity contribution < 1.29 is 4.79 Å². The van der Waals surface area contributed by atoms with Gasteiger partial charge in [0, 0.05) is 26.0 Å². The highest BCUT2D eigenvalue weighted by Crippen LogP contribution is 2.10. The van der Waals surface area contributed by atoms with Crippen molar-refractivity contribution in [3.8, 4) is 0 Å². The Morgan fingerprint density at radius 2 is 2.08 bits per heavy atom. The quantitative estimate of drug-likeness (QED) is 0.353. The van der Waals surface area contributed by atoms with Crippen molar-refractivity contribution in [2.24, 2.45) is 12.0 Å². The lowest BCUT2D eigenvalue weighted by atomic mass is 10.1. The Hall–Kier alpha value is -2.10. The van der Waals surface area contributed by atoms with Crippen molar-refractivity contribution in [1.29, 1.82) is 0 Å². The Balaban J connectivity index is 0.00000312. The third-order valence-electron chi connectivity index (χ3n) is 3.62. The van der Waals surface area contributed by atoms with Crippen LogP contribution in [0.1, 0.15) is 18.2 Å². The van der Waals surface area contributed by atoms with Crippen LogP contribution < -0.4 is 16.0 Å². The van der Waals surface area contributed by atoms with Crippen molar-refractivity contribution in [3.05, 3.63) is 47.8 Å². The number of guanidine groups is 1. The van der Waals surface area contributed by atoms with Crippen LogP contribution in [0.25, 0.3) is 0 Å². The van der Waals surface area contributed by atoms with Crippen LogP contribution in [0.5, 0.6) is 0 Å². The van der Waals surface area contributed by atoms with Gasteiger partial charge >= 0.3 is 0 Å². The lowest BCUT2D eigenvalue weighted by Gasteiger charge is -2.12. The molecule has 1 aromatic heterocycles. The Morgan fingerprint density at radius 1 is 1.28 bits per heavy atom. The molecule has 1 aromatic carbocycles. The fraction of sp³-hybridized carbons (Fsp3) is 0.353. The molecule has 0 atom stereocenters. The predicted molar refractivity (Wildman–Crippen MR) is 111 cm³/mol. The molecule has 136 valence electrons. The van der Waals surface area contributed by atoms with Gasteiger partial charge in [0.25, 0.3) is 0 Å². The normalized spacial score (nSPS) is 10.8. The number of nitrogens with one attached hydrogen (secondary N) is 3. The van der Waals surface area contributed by atoms with Gasteiger partial charge < -0.3 is 16.0 Å². The molecule has 0 aliphatic rings. The highest BCUT2D eigenvalue weighted by atomic mass is 127. The highest BCUT2D eigenvalue weighted by molar-refractivity contribution is 14.0. The maximum Gasteiger partial charge on any atom is 0.243 e. The first-order chi connectivity index (χ1) is 11.6. The molecule has 0 saturated heterocycles.